The number of hydrogen-bond donors (Lipinski definition) is 2. The van der Waals surface area contributed by atoms with Gasteiger partial charge < -0.3 is 10.6 Å². The van der Waals surface area contributed by atoms with E-state index in [1.54, 1.807) is 13.2 Å². The van der Waals surface area contributed by atoms with Gasteiger partial charge in [-0.15, -0.1) is 0 Å². The topological polar surface area (TPSA) is 54.2 Å². The number of nitrogens with zero attached hydrogens (tertiary/aromatic N) is 3. The normalized spacial score (nSPS) is 11.4. The zero-order valence-corrected chi connectivity index (χ0v) is 15.5. The number of nitrogens with one attached hydrogen (secondary N) is 2. The first-order valence-corrected chi connectivity index (χ1v) is 8.75. The number of aliphatic imine (C=N–C) groups is 1. The Morgan fingerprint density at radius 1 is 1.04 bits per heavy atom. The maximum atomic E-state index is 4.30. The van der Waals surface area contributed by atoms with E-state index in [9.17, 15) is 0 Å². The lowest BCUT2D eigenvalue weighted by atomic mass is 10.1. The second-order valence-electron chi connectivity index (χ2n) is 6.33. The van der Waals surface area contributed by atoms with Gasteiger partial charge in [-0.2, -0.15) is 5.10 Å². The zero-order valence-electron chi connectivity index (χ0n) is 15.5. The molecule has 0 aliphatic carbocycles. The van der Waals surface area contributed by atoms with Crippen LogP contribution in [0.2, 0.25) is 0 Å². The molecule has 5 nitrogen and oxygen atoms in total. The summed E-state index contributed by atoms with van der Waals surface area (Å²) in [6, 6.07) is 16.8. The summed E-state index contributed by atoms with van der Waals surface area (Å²) < 4.78 is 1.85. The molecule has 0 aliphatic heterocycles. The second-order valence-corrected chi connectivity index (χ2v) is 6.33. The fraction of sp³-hybridized carbons (Fsp3) is 0.238. The molecule has 2 N–H and O–H groups in total. The van der Waals surface area contributed by atoms with Gasteiger partial charge in [-0.1, -0.05) is 35.9 Å². The van der Waals surface area contributed by atoms with Crippen molar-refractivity contribution in [2.45, 2.75) is 26.9 Å². The predicted molar refractivity (Wildman–Crippen MR) is 107 cm³/mol. The maximum Gasteiger partial charge on any atom is 0.191 e. The summed E-state index contributed by atoms with van der Waals surface area (Å²) in [5.74, 6) is 0.793. The predicted octanol–water partition coefficient (Wildman–Crippen LogP) is 3.35. The summed E-state index contributed by atoms with van der Waals surface area (Å²) in [4.78, 5) is 4.30. The fourth-order valence-corrected chi connectivity index (χ4v) is 2.82. The van der Waals surface area contributed by atoms with Gasteiger partial charge in [0.25, 0.3) is 0 Å². The Bertz CT molecular complexity index is 864. The third kappa shape index (κ3) is 4.51. The van der Waals surface area contributed by atoms with Crippen molar-refractivity contribution in [2.75, 3.05) is 7.05 Å². The van der Waals surface area contributed by atoms with Crippen molar-refractivity contribution in [1.82, 2.24) is 20.4 Å². The first-order valence-electron chi connectivity index (χ1n) is 8.75. The van der Waals surface area contributed by atoms with E-state index in [0.29, 0.717) is 6.54 Å². The van der Waals surface area contributed by atoms with Crippen molar-refractivity contribution in [1.29, 1.82) is 0 Å². The van der Waals surface area contributed by atoms with Crippen LogP contribution < -0.4 is 10.6 Å². The minimum atomic E-state index is 0.714. The molecule has 0 atom stereocenters. The summed E-state index contributed by atoms with van der Waals surface area (Å²) in [6.45, 7) is 5.72. The molecule has 0 saturated carbocycles. The van der Waals surface area contributed by atoms with E-state index in [4.69, 9.17) is 0 Å². The van der Waals surface area contributed by atoms with Gasteiger partial charge >= 0.3 is 0 Å². The molecular formula is C21H25N5. The average molecular weight is 347 g/mol. The molecule has 2 aromatic carbocycles. The number of guanidine groups is 1. The van der Waals surface area contributed by atoms with Gasteiger partial charge in [-0.05, 0) is 48.7 Å². The van der Waals surface area contributed by atoms with E-state index < -0.39 is 0 Å². The average Bonchev–Trinajstić information content (AvgIpc) is 3.18. The molecule has 3 rings (SSSR count). The van der Waals surface area contributed by atoms with Crippen LogP contribution in [0.25, 0.3) is 5.69 Å². The summed E-state index contributed by atoms with van der Waals surface area (Å²) in [5, 5.41) is 11.0. The molecule has 1 aromatic heterocycles. The largest absolute Gasteiger partial charge is 0.352 e. The Morgan fingerprint density at radius 3 is 2.46 bits per heavy atom. The molecule has 26 heavy (non-hydrogen) atoms. The number of hydrogen-bond acceptors (Lipinski definition) is 2. The second kappa shape index (κ2) is 8.34. The van der Waals surface area contributed by atoms with Crippen LogP contribution in [0, 0.1) is 13.8 Å². The van der Waals surface area contributed by atoms with Crippen molar-refractivity contribution >= 4 is 5.96 Å². The molecule has 0 spiro atoms. The molecule has 134 valence electrons. The number of benzene rings is 2. The Morgan fingerprint density at radius 2 is 1.81 bits per heavy atom. The van der Waals surface area contributed by atoms with E-state index in [-0.39, 0.29) is 0 Å². The summed E-state index contributed by atoms with van der Waals surface area (Å²) in [7, 11) is 1.79. The lowest BCUT2D eigenvalue weighted by Gasteiger charge is -2.14. The van der Waals surface area contributed by atoms with E-state index in [2.05, 4.69) is 77.0 Å². The van der Waals surface area contributed by atoms with Crippen LogP contribution >= 0.6 is 0 Å². The van der Waals surface area contributed by atoms with Gasteiger partial charge in [0, 0.05) is 32.5 Å². The van der Waals surface area contributed by atoms with E-state index in [1.165, 1.54) is 22.3 Å². The first-order chi connectivity index (χ1) is 12.7. The minimum Gasteiger partial charge on any atom is -0.352 e. The Kier molecular flexibility index (Phi) is 5.69. The smallest absolute Gasteiger partial charge is 0.191 e. The molecule has 0 saturated heterocycles. The molecule has 0 bridgehead atoms. The zero-order chi connectivity index (χ0) is 18.4. The van der Waals surface area contributed by atoms with Crippen LogP contribution in [0.15, 0.2) is 65.9 Å². The molecule has 5 heteroatoms. The van der Waals surface area contributed by atoms with Crippen molar-refractivity contribution in [3.8, 4) is 5.69 Å². The van der Waals surface area contributed by atoms with Crippen LogP contribution in [-0.2, 0) is 13.1 Å². The SMILES string of the molecule is CN=C(NCc1ccc(-n2cccn2)cc1)NCc1ccc(C)cc1C. The van der Waals surface area contributed by atoms with Crippen molar-refractivity contribution in [2.24, 2.45) is 4.99 Å². The van der Waals surface area contributed by atoms with Crippen molar-refractivity contribution in [3.05, 3.63) is 83.2 Å². The molecule has 1 heterocycles. The highest BCUT2D eigenvalue weighted by atomic mass is 15.3. The Balaban J connectivity index is 1.54. The monoisotopic (exact) mass is 347 g/mol. The molecule has 0 unspecified atom stereocenters. The quantitative estimate of drug-likeness (QED) is 0.550. The fourth-order valence-electron chi connectivity index (χ4n) is 2.82. The number of aromatic nitrogens is 2. The highest BCUT2D eigenvalue weighted by molar-refractivity contribution is 5.79. The van der Waals surface area contributed by atoms with Gasteiger partial charge in [-0.25, -0.2) is 4.68 Å². The van der Waals surface area contributed by atoms with Crippen molar-refractivity contribution in [3.63, 3.8) is 0 Å². The molecule has 3 aromatic rings. The number of rotatable bonds is 5. The van der Waals surface area contributed by atoms with Crippen LogP contribution in [0.1, 0.15) is 22.3 Å². The molecular weight excluding hydrogens is 322 g/mol. The Hall–Kier alpha value is -3.08. The van der Waals surface area contributed by atoms with E-state index in [0.717, 1.165) is 18.2 Å². The molecule has 0 radical (unpaired) electrons. The van der Waals surface area contributed by atoms with Crippen LogP contribution in [0.5, 0.6) is 0 Å². The third-order valence-corrected chi connectivity index (χ3v) is 4.33. The van der Waals surface area contributed by atoms with Crippen LogP contribution in [0.3, 0.4) is 0 Å². The van der Waals surface area contributed by atoms with Gasteiger partial charge in [0.15, 0.2) is 5.96 Å². The van der Waals surface area contributed by atoms with E-state index in [1.807, 2.05) is 16.9 Å². The Labute approximate surface area is 154 Å². The third-order valence-electron chi connectivity index (χ3n) is 4.33. The van der Waals surface area contributed by atoms with Gasteiger partial charge in [-0.3, -0.25) is 4.99 Å². The molecule has 0 amide bonds. The summed E-state index contributed by atoms with van der Waals surface area (Å²) in [5.41, 5.74) is 6.10. The van der Waals surface area contributed by atoms with Gasteiger partial charge in [0.2, 0.25) is 0 Å². The van der Waals surface area contributed by atoms with Crippen molar-refractivity contribution < 1.29 is 0 Å². The standard InChI is InChI=1S/C21H25N5/c1-16-5-8-19(17(2)13-16)15-24-21(22-3)23-14-18-6-9-20(10-7-18)26-12-4-11-25-26/h4-13H,14-15H2,1-3H3,(H2,22,23,24). The van der Waals surface area contributed by atoms with Crippen LogP contribution in [-0.4, -0.2) is 22.8 Å². The maximum absolute atomic E-state index is 4.30. The van der Waals surface area contributed by atoms with Gasteiger partial charge in [0.05, 0.1) is 5.69 Å². The van der Waals surface area contributed by atoms with E-state index >= 15 is 0 Å². The first kappa shape index (κ1) is 17.7. The molecule has 0 aliphatic rings. The highest BCUT2D eigenvalue weighted by Gasteiger charge is 2.02. The number of aryl methyl sites for hydroxylation is 2. The molecule has 0 fully saturated rings. The highest BCUT2D eigenvalue weighted by Crippen LogP contribution is 2.10. The lowest BCUT2D eigenvalue weighted by molar-refractivity contribution is 0.805. The van der Waals surface area contributed by atoms with Crippen LogP contribution in [0.4, 0.5) is 0 Å². The lowest BCUT2D eigenvalue weighted by Crippen LogP contribution is -2.36. The summed E-state index contributed by atoms with van der Waals surface area (Å²) in [6.07, 6.45) is 3.72. The van der Waals surface area contributed by atoms with Gasteiger partial charge in [0.1, 0.15) is 0 Å². The summed E-state index contributed by atoms with van der Waals surface area (Å²) >= 11 is 0. The minimum absolute atomic E-state index is 0.714.